The smallest absolute Gasteiger partial charge is 0.108 e. The Bertz CT molecular complexity index is 475. The van der Waals surface area contributed by atoms with E-state index in [0.717, 1.165) is 19.3 Å². The number of benzene rings is 1. The summed E-state index contributed by atoms with van der Waals surface area (Å²) in [6, 6.07) is 11.6. The molecule has 1 aromatic rings. The fraction of sp³-hybridized carbons (Fsp3) is 0.588. The molecule has 20 heavy (non-hydrogen) atoms. The minimum atomic E-state index is -0.325. The Kier molecular flexibility index (Phi) is 5.12. The fourth-order valence-corrected chi connectivity index (χ4v) is 4.28. The van der Waals surface area contributed by atoms with Gasteiger partial charge in [-0.3, -0.25) is 5.32 Å². The van der Waals surface area contributed by atoms with Gasteiger partial charge in [0.15, 0.2) is 0 Å². The molecule has 1 saturated carbocycles. The van der Waals surface area contributed by atoms with Crippen molar-refractivity contribution in [1.29, 1.82) is 5.26 Å². The average Bonchev–Trinajstić information content (AvgIpc) is 2.41. The number of thioether (sulfide) groups is 1. The molecule has 0 aliphatic heterocycles. The topological polar surface area (TPSA) is 35.8 Å². The van der Waals surface area contributed by atoms with E-state index in [1.54, 1.807) is 0 Å². The lowest BCUT2D eigenvalue weighted by Crippen LogP contribution is -2.51. The van der Waals surface area contributed by atoms with Crippen molar-refractivity contribution in [3.63, 3.8) is 0 Å². The van der Waals surface area contributed by atoms with E-state index in [-0.39, 0.29) is 5.54 Å². The van der Waals surface area contributed by atoms with Crippen LogP contribution < -0.4 is 5.32 Å². The van der Waals surface area contributed by atoms with Gasteiger partial charge in [0.25, 0.3) is 0 Å². The van der Waals surface area contributed by atoms with Crippen molar-refractivity contribution >= 4 is 11.8 Å². The Balaban J connectivity index is 2.03. The van der Waals surface area contributed by atoms with Crippen LogP contribution in [0.1, 0.15) is 45.1 Å². The van der Waals surface area contributed by atoms with Crippen LogP contribution in [-0.2, 0) is 0 Å². The second kappa shape index (κ2) is 6.65. The zero-order chi connectivity index (χ0) is 14.6. The van der Waals surface area contributed by atoms with Crippen molar-refractivity contribution in [2.24, 2.45) is 0 Å². The first-order valence-corrected chi connectivity index (χ1v) is 8.33. The SMILES string of the molecule is Cc1ccc(SC2CCCC(C#N)(NC(C)C)C2)cc1. The van der Waals surface area contributed by atoms with Gasteiger partial charge < -0.3 is 0 Å². The Morgan fingerprint density at radius 2 is 2.05 bits per heavy atom. The molecule has 3 heteroatoms. The summed E-state index contributed by atoms with van der Waals surface area (Å²) in [6.45, 7) is 6.36. The standard InChI is InChI=1S/C17H24N2S/c1-13(2)19-17(12-18)10-4-5-16(11-17)20-15-8-6-14(3)7-9-15/h6-9,13,16,19H,4-5,10-11H2,1-3H3. The highest BCUT2D eigenvalue weighted by Gasteiger charge is 2.37. The summed E-state index contributed by atoms with van der Waals surface area (Å²) in [5.74, 6) is 0. The molecule has 0 amide bonds. The van der Waals surface area contributed by atoms with Crippen molar-refractivity contribution in [3.05, 3.63) is 29.8 Å². The Morgan fingerprint density at radius 3 is 2.65 bits per heavy atom. The van der Waals surface area contributed by atoms with Gasteiger partial charge in [0, 0.05) is 16.2 Å². The molecular formula is C17H24N2S. The highest BCUT2D eigenvalue weighted by atomic mass is 32.2. The molecule has 0 bridgehead atoms. The minimum absolute atomic E-state index is 0.325. The number of rotatable bonds is 4. The Labute approximate surface area is 127 Å². The fourth-order valence-electron chi connectivity index (χ4n) is 2.95. The van der Waals surface area contributed by atoms with Gasteiger partial charge in [-0.15, -0.1) is 11.8 Å². The second-order valence-corrected chi connectivity index (χ2v) is 7.52. The third kappa shape index (κ3) is 4.01. The molecule has 108 valence electrons. The number of nitriles is 1. The zero-order valence-electron chi connectivity index (χ0n) is 12.6. The van der Waals surface area contributed by atoms with E-state index >= 15 is 0 Å². The van der Waals surface area contributed by atoms with Crippen LogP contribution in [-0.4, -0.2) is 16.8 Å². The van der Waals surface area contributed by atoms with Crippen LogP contribution in [0.15, 0.2) is 29.2 Å². The molecule has 0 radical (unpaired) electrons. The minimum Gasteiger partial charge on any atom is -0.297 e. The lowest BCUT2D eigenvalue weighted by Gasteiger charge is -2.37. The number of hydrogen-bond donors (Lipinski definition) is 1. The van der Waals surface area contributed by atoms with Gasteiger partial charge in [-0.1, -0.05) is 17.7 Å². The van der Waals surface area contributed by atoms with Gasteiger partial charge in [0.2, 0.25) is 0 Å². The molecule has 1 fully saturated rings. The summed E-state index contributed by atoms with van der Waals surface area (Å²) in [6.07, 6.45) is 4.27. The molecule has 2 atom stereocenters. The Morgan fingerprint density at radius 1 is 1.35 bits per heavy atom. The van der Waals surface area contributed by atoms with Crippen LogP contribution >= 0.6 is 11.8 Å². The molecule has 2 rings (SSSR count). The van der Waals surface area contributed by atoms with E-state index in [4.69, 9.17) is 0 Å². The van der Waals surface area contributed by atoms with E-state index in [2.05, 4.69) is 56.4 Å². The van der Waals surface area contributed by atoms with Gasteiger partial charge >= 0.3 is 0 Å². The zero-order valence-corrected chi connectivity index (χ0v) is 13.5. The number of nitrogens with zero attached hydrogens (tertiary/aromatic N) is 1. The molecule has 0 heterocycles. The van der Waals surface area contributed by atoms with Crippen LogP contribution in [0.5, 0.6) is 0 Å². The van der Waals surface area contributed by atoms with Crippen molar-refractivity contribution in [2.75, 3.05) is 0 Å². The third-order valence-electron chi connectivity index (χ3n) is 3.81. The molecule has 0 aromatic heterocycles. The predicted molar refractivity (Wildman–Crippen MR) is 85.9 cm³/mol. The number of nitrogens with one attached hydrogen (secondary N) is 1. The first kappa shape index (κ1) is 15.4. The number of hydrogen-bond acceptors (Lipinski definition) is 3. The van der Waals surface area contributed by atoms with E-state index in [1.165, 1.54) is 16.9 Å². The van der Waals surface area contributed by atoms with Crippen molar-refractivity contribution in [3.8, 4) is 6.07 Å². The normalized spacial score (nSPS) is 26.4. The van der Waals surface area contributed by atoms with E-state index in [0.29, 0.717) is 11.3 Å². The molecule has 1 N–H and O–H groups in total. The van der Waals surface area contributed by atoms with Crippen LogP contribution in [0, 0.1) is 18.3 Å². The van der Waals surface area contributed by atoms with Gasteiger partial charge in [-0.2, -0.15) is 5.26 Å². The summed E-state index contributed by atoms with van der Waals surface area (Å²) in [5.41, 5.74) is 0.972. The molecular weight excluding hydrogens is 264 g/mol. The van der Waals surface area contributed by atoms with Gasteiger partial charge in [0.05, 0.1) is 6.07 Å². The number of aryl methyl sites for hydroxylation is 1. The van der Waals surface area contributed by atoms with Crippen LogP contribution in [0.4, 0.5) is 0 Å². The van der Waals surface area contributed by atoms with E-state index in [1.807, 2.05) is 11.8 Å². The van der Waals surface area contributed by atoms with Crippen molar-refractivity contribution in [1.82, 2.24) is 5.32 Å². The molecule has 0 saturated heterocycles. The lowest BCUT2D eigenvalue weighted by atomic mass is 9.82. The maximum absolute atomic E-state index is 9.59. The third-order valence-corrected chi connectivity index (χ3v) is 5.09. The first-order chi connectivity index (χ1) is 9.53. The molecule has 1 aliphatic rings. The summed E-state index contributed by atoms with van der Waals surface area (Å²) in [7, 11) is 0. The molecule has 2 nitrogen and oxygen atoms in total. The van der Waals surface area contributed by atoms with Crippen LogP contribution in [0.3, 0.4) is 0 Å². The molecule has 1 aliphatic carbocycles. The molecule has 2 unspecified atom stereocenters. The van der Waals surface area contributed by atoms with Crippen LogP contribution in [0.2, 0.25) is 0 Å². The monoisotopic (exact) mass is 288 g/mol. The average molecular weight is 288 g/mol. The first-order valence-electron chi connectivity index (χ1n) is 7.45. The second-order valence-electron chi connectivity index (χ2n) is 6.14. The summed E-state index contributed by atoms with van der Waals surface area (Å²) >= 11 is 1.93. The lowest BCUT2D eigenvalue weighted by molar-refractivity contribution is 0.284. The van der Waals surface area contributed by atoms with Crippen LogP contribution in [0.25, 0.3) is 0 Å². The quantitative estimate of drug-likeness (QED) is 0.897. The molecule has 1 aromatic carbocycles. The van der Waals surface area contributed by atoms with Gasteiger partial charge in [-0.25, -0.2) is 0 Å². The van der Waals surface area contributed by atoms with Crippen molar-refractivity contribution < 1.29 is 0 Å². The molecule has 0 spiro atoms. The van der Waals surface area contributed by atoms with Gasteiger partial charge in [0.1, 0.15) is 5.54 Å². The maximum Gasteiger partial charge on any atom is 0.108 e. The summed E-state index contributed by atoms with van der Waals surface area (Å²) < 4.78 is 0. The highest BCUT2D eigenvalue weighted by Crippen LogP contribution is 2.38. The largest absolute Gasteiger partial charge is 0.297 e. The van der Waals surface area contributed by atoms with E-state index < -0.39 is 0 Å². The summed E-state index contributed by atoms with van der Waals surface area (Å²) in [4.78, 5) is 1.32. The predicted octanol–water partition coefficient (Wildman–Crippen LogP) is 4.29. The highest BCUT2D eigenvalue weighted by molar-refractivity contribution is 8.00. The van der Waals surface area contributed by atoms with Crippen molar-refractivity contribution in [2.45, 2.75) is 68.2 Å². The summed E-state index contributed by atoms with van der Waals surface area (Å²) in [5, 5.41) is 13.6. The maximum atomic E-state index is 9.59. The Hall–Kier alpha value is -0.980. The van der Waals surface area contributed by atoms with E-state index in [9.17, 15) is 5.26 Å². The van der Waals surface area contributed by atoms with Gasteiger partial charge in [-0.05, 0) is 58.6 Å².